The van der Waals surface area contributed by atoms with Gasteiger partial charge >= 0.3 is 0 Å². The number of aromatic nitrogens is 1. The van der Waals surface area contributed by atoms with Crippen LogP contribution >= 0.6 is 24.0 Å². The molecule has 1 aromatic rings. The smallest absolute Gasteiger partial charge is 0.242 e. The Labute approximate surface area is 154 Å². The van der Waals surface area contributed by atoms with E-state index in [1.54, 1.807) is 6.07 Å². The Hall–Kier alpha value is -0.940. The monoisotopic (exact) mass is 453 g/mol. The summed E-state index contributed by atoms with van der Waals surface area (Å²) in [6.45, 7) is 2.39. The summed E-state index contributed by atoms with van der Waals surface area (Å²) in [5.41, 5.74) is 5.97. The van der Waals surface area contributed by atoms with Crippen LogP contribution < -0.4 is 10.5 Å². The average Bonchev–Trinajstić information content (AvgIpc) is 2.81. The number of pyridine rings is 1. The Morgan fingerprint density at radius 2 is 2.00 bits per heavy atom. The minimum Gasteiger partial charge on any atom is -0.370 e. The zero-order valence-corrected chi connectivity index (χ0v) is 16.2. The molecule has 0 radical (unpaired) electrons. The molecule has 0 atom stereocenters. The minimum atomic E-state index is -3.53. The lowest BCUT2D eigenvalue weighted by Gasteiger charge is -2.21. The quantitative estimate of drug-likeness (QED) is 0.302. The van der Waals surface area contributed by atoms with Crippen molar-refractivity contribution in [2.45, 2.75) is 30.6 Å². The Morgan fingerprint density at radius 3 is 2.61 bits per heavy atom. The van der Waals surface area contributed by atoms with Crippen LogP contribution in [0.25, 0.3) is 0 Å². The molecule has 9 heteroatoms. The van der Waals surface area contributed by atoms with Gasteiger partial charge in [0.25, 0.3) is 0 Å². The fourth-order valence-electron chi connectivity index (χ4n) is 2.34. The maximum Gasteiger partial charge on any atom is 0.242 e. The van der Waals surface area contributed by atoms with Gasteiger partial charge in [-0.1, -0.05) is 12.8 Å². The molecule has 1 aliphatic heterocycles. The number of nitrogens with two attached hydrogens (primary N) is 1. The zero-order valence-electron chi connectivity index (χ0n) is 13.0. The molecule has 0 unspecified atom stereocenters. The van der Waals surface area contributed by atoms with E-state index >= 15 is 0 Å². The van der Waals surface area contributed by atoms with Crippen LogP contribution in [-0.2, 0) is 10.0 Å². The van der Waals surface area contributed by atoms with Crippen molar-refractivity contribution >= 4 is 40.0 Å². The first-order valence-electron chi connectivity index (χ1n) is 7.54. The molecule has 1 aliphatic rings. The van der Waals surface area contributed by atoms with E-state index in [-0.39, 0.29) is 35.4 Å². The zero-order chi connectivity index (χ0) is 15.8. The molecule has 0 bridgehead atoms. The molecule has 1 fully saturated rings. The van der Waals surface area contributed by atoms with Crippen LogP contribution in [0.4, 0.5) is 0 Å². The highest BCUT2D eigenvalue weighted by atomic mass is 127. The molecule has 1 aromatic heterocycles. The highest BCUT2D eigenvalue weighted by Crippen LogP contribution is 2.09. The third kappa shape index (κ3) is 6.60. The first kappa shape index (κ1) is 20.1. The first-order valence-corrected chi connectivity index (χ1v) is 9.02. The number of hydrogen-bond donors (Lipinski definition) is 2. The summed E-state index contributed by atoms with van der Waals surface area (Å²) < 4.78 is 26.5. The number of hydrogen-bond acceptors (Lipinski definition) is 4. The van der Waals surface area contributed by atoms with Crippen LogP contribution in [0.3, 0.4) is 0 Å². The van der Waals surface area contributed by atoms with E-state index in [0.717, 1.165) is 25.9 Å². The van der Waals surface area contributed by atoms with E-state index in [1.165, 1.54) is 31.3 Å². The van der Waals surface area contributed by atoms with E-state index < -0.39 is 10.0 Å². The Kier molecular flexibility index (Phi) is 8.77. The van der Waals surface area contributed by atoms with E-state index in [4.69, 9.17) is 5.73 Å². The predicted molar refractivity (Wildman–Crippen MR) is 101 cm³/mol. The van der Waals surface area contributed by atoms with Crippen molar-refractivity contribution in [3.63, 3.8) is 0 Å². The fraction of sp³-hybridized carbons (Fsp3) is 0.571. The van der Waals surface area contributed by atoms with Gasteiger partial charge in [-0.25, -0.2) is 13.1 Å². The topological polar surface area (TPSA) is 101 Å². The highest BCUT2D eigenvalue weighted by molar-refractivity contribution is 14.0. The summed E-state index contributed by atoms with van der Waals surface area (Å²) in [6, 6.07) is 3.09. The highest BCUT2D eigenvalue weighted by Gasteiger charge is 2.13. The summed E-state index contributed by atoms with van der Waals surface area (Å²) in [4.78, 5) is 10.3. The largest absolute Gasteiger partial charge is 0.370 e. The molecule has 3 N–H and O–H groups in total. The molecule has 0 aliphatic carbocycles. The van der Waals surface area contributed by atoms with Crippen molar-refractivity contribution in [1.82, 2.24) is 14.6 Å². The van der Waals surface area contributed by atoms with Gasteiger partial charge in [-0.3, -0.25) is 9.98 Å². The number of likely N-dealkylation sites (tertiary alicyclic amines) is 1. The summed E-state index contributed by atoms with van der Waals surface area (Å²) in [5.74, 6) is 0.502. The van der Waals surface area contributed by atoms with Crippen molar-refractivity contribution in [3.8, 4) is 0 Å². The van der Waals surface area contributed by atoms with Crippen LogP contribution in [0.1, 0.15) is 25.7 Å². The van der Waals surface area contributed by atoms with Crippen molar-refractivity contribution < 1.29 is 8.42 Å². The van der Waals surface area contributed by atoms with Gasteiger partial charge in [0.05, 0.1) is 6.54 Å². The van der Waals surface area contributed by atoms with Gasteiger partial charge < -0.3 is 10.6 Å². The lowest BCUT2D eigenvalue weighted by molar-refractivity contribution is 0.428. The molecule has 1 saturated heterocycles. The number of aliphatic imine (C=N–C) groups is 1. The Balaban J connectivity index is 0.00000264. The predicted octanol–water partition coefficient (Wildman–Crippen LogP) is 1.17. The van der Waals surface area contributed by atoms with Crippen molar-refractivity contribution in [2.75, 3.05) is 26.2 Å². The third-order valence-corrected chi connectivity index (χ3v) is 5.00. The molecule has 130 valence electrons. The lowest BCUT2D eigenvalue weighted by Crippen LogP contribution is -2.38. The second-order valence-corrected chi connectivity index (χ2v) is 6.99. The summed E-state index contributed by atoms with van der Waals surface area (Å²) in [5, 5.41) is 0. The molecule has 2 rings (SSSR count). The maximum absolute atomic E-state index is 12.0. The number of sulfonamides is 1. The van der Waals surface area contributed by atoms with Crippen LogP contribution in [-0.4, -0.2) is 50.4 Å². The van der Waals surface area contributed by atoms with Crippen molar-refractivity contribution in [2.24, 2.45) is 10.7 Å². The second-order valence-electron chi connectivity index (χ2n) is 5.23. The van der Waals surface area contributed by atoms with Gasteiger partial charge in [0.1, 0.15) is 4.90 Å². The normalized spacial score (nSPS) is 16.5. The molecule has 23 heavy (non-hydrogen) atoms. The summed E-state index contributed by atoms with van der Waals surface area (Å²) in [6.07, 6.45) is 7.57. The summed E-state index contributed by atoms with van der Waals surface area (Å²) >= 11 is 0. The van der Waals surface area contributed by atoms with E-state index in [0.29, 0.717) is 12.5 Å². The van der Waals surface area contributed by atoms with Gasteiger partial charge in [0.15, 0.2) is 5.96 Å². The molecule has 0 spiro atoms. The van der Waals surface area contributed by atoms with Gasteiger partial charge in [-0.15, -0.1) is 24.0 Å². The van der Waals surface area contributed by atoms with Gasteiger partial charge in [0.2, 0.25) is 10.0 Å². The maximum atomic E-state index is 12.0. The Bertz CT molecular complexity index is 586. The minimum absolute atomic E-state index is 0. The van der Waals surface area contributed by atoms with E-state index in [9.17, 15) is 8.42 Å². The number of nitrogens with zero attached hydrogens (tertiary/aromatic N) is 3. The SMILES string of the molecule is I.NC(=NCCNS(=O)(=O)c1cccnc1)N1CCCCCC1. The molecule has 0 saturated carbocycles. The first-order chi connectivity index (χ1) is 10.6. The van der Waals surface area contributed by atoms with Gasteiger partial charge in [-0.05, 0) is 25.0 Å². The number of rotatable bonds is 5. The van der Waals surface area contributed by atoms with E-state index in [1.807, 2.05) is 0 Å². The van der Waals surface area contributed by atoms with Gasteiger partial charge in [-0.2, -0.15) is 0 Å². The average molecular weight is 453 g/mol. The number of guanidine groups is 1. The molecule has 0 aromatic carbocycles. The van der Waals surface area contributed by atoms with Gasteiger partial charge in [0, 0.05) is 32.0 Å². The lowest BCUT2D eigenvalue weighted by atomic mass is 10.2. The number of nitrogens with one attached hydrogen (secondary N) is 1. The van der Waals surface area contributed by atoms with E-state index in [2.05, 4.69) is 19.6 Å². The third-order valence-electron chi connectivity index (χ3n) is 3.55. The van der Waals surface area contributed by atoms with Crippen molar-refractivity contribution in [1.29, 1.82) is 0 Å². The Morgan fingerprint density at radius 1 is 1.30 bits per heavy atom. The van der Waals surface area contributed by atoms with Crippen LogP contribution in [0.5, 0.6) is 0 Å². The van der Waals surface area contributed by atoms with Crippen molar-refractivity contribution in [3.05, 3.63) is 24.5 Å². The standard InChI is InChI=1S/C14H23N5O2S.HI/c15-14(19-10-3-1-2-4-11-19)17-8-9-18-22(20,21)13-6-5-7-16-12-13;/h5-7,12,18H,1-4,8-11H2,(H2,15,17);1H. The molecular formula is C14H24IN5O2S. The molecule has 7 nitrogen and oxygen atoms in total. The summed E-state index contributed by atoms with van der Waals surface area (Å²) in [7, 11) is -3.53. The van der Waals surface area contributed by atoms with Crippen LogP contribution in [0, 0.1) is 0 Å². The second kappa shape index (κ2) is 10.0. The number of halogens is 1. The van der Waals surface area contributed by atoms with Crippen LogP contribution in [0.2, 0.25) is 0 Å². The molecule has 0 amide bonds. The van der Waals surface area contributed by atoms with Crippen LogP contribution in [0.15, 0.2) is 34.4 Å². The molecule has 2 heterocycles. The fourth-order valence-corrected chi connectivity index (χ4v) is 3.32. The molecular weight excluding hydrogens is 429 g/mol.